The lowest BCUT2D eigenvalue weighted by Crippen LogP contribution is -2.16. The number of hydrogen-bond donors (Lipinski definition) is 1. The summed E-state index contributed by atoms with van der Waals surface area (Å²) in [7, 11) is 0. The van der Waals surface area contributed by atoms with Crippen LogP contribution in [0.15, 0.2) is 60.7 Å². The van der Waals surface area contributed by atoms with E-state index in [1.165, 1.54) is 0 Å². The fourth-order valence-electron chi connectivity index (χ4n) is 1.87. The van der Waals surface area contributed by atoms with E-state index in [9.17, 15) is 14.7 Å². The average molecular weight is 284 g/mol. The third-order valence-corrected chi connectivity index (χ3v) is 2.98. The molecule has 0 spiro atoms. The van der Waals surface area contributed by atoms with Crippen molar-refractivity contribution >= 4 is 11.8 Å². The van der Waals surface area contributed by atoms with Crippen LogP contribution in [0.2, 0.25) is 0 Å². The SMILES string of the molecule is O=C(COC(=O)c1ccccc1)CC(O)c1ccccc1. The Balaban J connectivity index is 1.81. The highest BCUT2D eigenvalue weighted by atomic mass is 16.5. The van der Waals surface area contributed by atoms with Gasteiger partial charge in [-0.05, 0) is 17.7 Å². The minimum absolute atomic E-state index is 0.0773. The zero-order chi connectivity index (χ0) is 15.1. The average Bonchev–Trinajstić information content (AvgIpc) is 2.54. The minimum atomic E-state index is -0.880. The van der Waals surface area contributed by atoms with E-state index < -0.39 is 12.1 Å². The maximum absolute atomic E-state index is 11.7. The van der Waals surface area contributed by atoms with E-state index in [4.69, 9.17) is 4.74 Å². The van der Waals surface area contributed by atoms with Gasteiger partial charge in [0.25, 0.3) is 0 Å². The van der Waals surface area contributed by atoms with Gasteiger partial charge in [-0.2, -0.15) is 0 Å². The highest BCUT2D eigenvalue weighted by Gasteiger charge is 2.15. The number of rotatable bonds is 6. The van der Waals surface area contributed by atoms with Gasteiger partial charge in [0.2, 0.25) is 0 Å². The van der Waals surface area contributed by atoms with Crippen molar-refractivity contribution in [3.8, 4) is 0 Å². The van der Waals surface area contributed by atoms with Crippen molar-refractivity contribution in [2.24, 2.45) is 0 Å². The molecule has 4 heteroatoms. The molecule has 1 unspecified atom stereocenters. The summed E-state index contributed by atoms with van der Waals surface area (Å²) in [6, 6.07) is 17.4. The number of aliphatic hydroxyl groups is 1. The van der Waals surface area contributed by atoms with Crippen LogP contribution >= 0.6 is 0 Å². The maximum atomic E-state index is 11.7. The van der Waals surface area contributed by atoms with Gasteiger partial charge >= 0.3 is 5.97 Å². The molecule has 2 aromatic rings. The minimum Gasteiger partial charge on any atom is -0.454 e. The van der Waals surface area contributed by atoms with Gasteiger partial charge in [-0.3, -0.25) is 4.79 Å². The second-order valence-electron chi connectivity index (χ2n) is 4.61. The van der Waals surface area contributed by atoms with Crippen LogP contribution in [0.1, 0.15) is 28.4 Å². The molecular weight excluding hydrogens is 268 g/mol. The van der Waals surface area contributed by atoms with Crippen LogP contribution in [0.3, 0.4) is 0 Å². The van der Waals surface area contributed by atoms with Crippen molar-refractivity contribution in [2.45, 2.75) is 12.5 Å². The molecule has 2 rings (SSSR count). The van der Waals surface area contributed by atoms with E-state index in [-0.39, 0.29) is 18.8 Å². The molecule has 1 atom stereocenters. The number of aliphatic hydroxyl groups excluding tert-OH is 1. The predicted molar refractivity (Wildman–Crippen MR) is 77.8 cm³/mol. The molecule has 4 nitrogen and oxygen atoms in total. The zero-order valence-electron chi connectivity index (χ0n) is 11.4. The number of carbonyl (C=O) groups excluding carboxylic acids is 2. The summed E-state index contributed by atoms with van der Waals surface area (Å²) in [6.07, 6.45) is -0.958. The Kier molecular flexibility index (Phi) is 5.23. The van der Waals surface area contributed by atoms with Gasteiger partial charge < -0.3 is 9.84 Å². The Bertz CT molecular complexity index is 593. The molecule has 0 radical (unpaired) electrons. The van der Waals surface area contributed by atoms with Crippen molar-refractivity contribution < 1.29 is 19.4 Å². The van der Waals surface area contributed by atoms with Crippen LogP contribution in [-0.2, 0) is 9.53 Å². The highest BCUT2D eigenvalue weighted by molar-refractivity contribution is 5.91. The van der Waals surface area contributed by atoms with E-state index in [0.717, 1.165) is 0 Å². The van der Waals surface area contributed by atoms with Gasteiger partial charge in [-0.15, -0.1) is 0 Å². The van der Waals surface area contributed by atoms with Crippen molar-refractivity contribution in [1.29, 1.82) is 0 Å². The lowest BCUT2D eigenvalue weighted by Gasteiger charge is -2.10. The summed E-state index contributed by atoms with van der Waals surface area (Å²) >= 11 is 0. The van der Waals surface area contributed by atoms with Gasteiger partial charge in [0.15, 0.2) is 5.78 Å². The molecule has 0 aromatic heterocycles. The molecule has 0 saturated carbocycles. The smallest absolute Gasteiger partial charge is 0.338 e. The summed E-state index contributed by atoms with van der Waals surface area (Å²) in [5.74, 6) is -0.867. The molecular formula is C17H16O4. The van der Waals surface area contributed by atoms with Gasteiger partial charge in [0.1, 0.15) is 6.61 Å². The van der Waals surface area contributed by atoms with Crippen LogP contribution in [0.25, 0.3) is 0 Å². The largest absolute Gasteiger partial charge is 0.454 e. The molecule has 2 aromatic carbocycles. The summed E-state index contributed by atoms with van der Waals surface area (Å²) in [5.41, 5.74) is 1.06. The highest BCUT2D eigenvalue weighted by Crippen LogP contribution is 2.16. The molecule has 0 heterocycles. The standard InChI is InChI=1S/C17H16O4/c18-15(11-16(19)13-7-3-1-4-8-13)12-21-17(20)14-9-5-2-6-10-14/h1-10,16,19H,11-12H2. The molecule has 0 saturated heterocycles. The van der Waals surface area contributed by atoms with Crippen molar-refractivity contribution in [2.75, 3.05) is 6.61 Å². The number of benzene rings is 2. The molecule has 0 bridgehead atoms. The van der Waals surface area contributed by atoms with E-state index in [1.54, 1.807) is 54.6 Å². The molecule has 0 aliphatic rings. The first-order chi connectivity index (χ1) is 10.2. The van der Waals surface area contributed by atoms with Crippen molar-refractivity contribution in [3.05, 3.63) is 71.8 Å². The van der Waals surface area contributed by atoms with Gasteiger partial charge in [0.05, 0.1) is 11.7 Å². The first-order valence-electron chi connectivity index (χ1n) is 6.63. The van der Waals surface area contributed by atoms with E-state index in [0.29, 0.717) is 11.1 Å². The van der Waals surface area contributed by atoms with Crippen LogP contribution < -0.4 is 0 Å². The summed E-state index contributed by atoms with van der Waals surface area (Å²) in [6.45, 7) is -0.336. The third kappa shape index (κ3) is 4.54. The molecule has 108 valence electrons. The molecule has 0 fully saturated rings. The molecule has 21 heavy (non-hydrogen) atoms. The van der Waals surface area contributed by atoms with Gasteiger partial charge in [-0.25, -0.2) is 4.79 Å². The quantitative estimate of drug-likeness (QED) is 0.828. The molecule has 0 aliphatic heterocycles. The first-order valence-corrected chi connectivity index (χ1v) is 6.63. The van der Waals surface area contributed by atoms with E-state index >= 15 is 0 Å². The lowest BCUT2D eigenvalue weighted by atomic mass is 10.0. The van der Waals surface area contributed by atoms with Crippen LogP contribution in [-0.4, -0.2) is 23.5 Å². The molecule has 0 aliphatic carbocycles. The van der Waals surface area contributed by atoms with Crippen LogP contribution in [0.4, 0.5) is 0 Å². The Labute approximate surface area is 123 Å². The maximum Gasteiger partial charge on any atom is 0.338 e. The monoisotopic (exact) mass is 284 g/mol. The van der Waals surface area contributed by atoms with Crippen molar-refractivity contribution in [3.63, 3.8) is 0 Å². The Morgan fingerprint density at radius 2 is 1.52 bits per heavy atom. The van der Waals surface area contributed by atoms with Crippen molar-refractivity contribution in [1.82, 2.24) is 0 Å². The molecule has 0 amide bonds. The Morgan fingerprint density at radius 1 is 0.952 bits per heavy atom. The number of esters is 1. The van der Waals surface area contributed by atoms with Gasteiger partial charge in [-0.1, -0.05) is 48.5 Å². The topological polar surface area (TPSA) is 63.6 Å². The van der Waals surface area contributed by atoms with E-state index in [2.05, 4.69) is 0 Å². The summed E-state index contributed by atoms with van der Waals surface area (Å²) < 4.78 is 4.93. The second-order valence-corrected chi connectivity index (χ2v) is 4.61. The second kappa shape index (κ2) is 7.36. The summed E-state index contributed by atoms with van der Waals surface area (Å²) in [4.78, 5) is 23.4. The first kappa shape index (κ1) is 14.9. The fourth-order valence-corrected chi connectivity index (χ4v) is 1.87. The lowest BCUT2D eigenvalue weighted by molar-refractivity contribution is -0.124. The van der Waals surface area contributed by atoms with Crippen LogP contribution in [0, 0.1) is 0 Å². The predicted octanol–water partition coefficient (Wildman–Crippen LogP) is 2.54. The zero-order valence-corrected chi connectivity index (χ0v) is 11.4. The normalized spacial score (nSPS) is 11.7. The number of carbonyl (C=O) groups is 2. The number of hydrogen-bond acceptors (Lipinski definition) is 4. The Morgan fingerprint density at radius 3 is 2.14 bits per heavy atom. The van der Waals surface area contributed by atoms with Gasteiger partial charge in [0, 0.05) is 6.42 Å². The fraction of sp³-hybridized carbons (Fsp3) is 0.176. The third-order valence-electron chi connectivity index (χ3n) is 2.98. The number of Topliss-reactive ketones (excluding diaryl/α,β-unsaturated/α-hetero) is 1. The number of ether oxygens (including phenoxy) is 1. The number of ketones is 1. The van der Waals surface area contributed by atoms with E-state index in [1.807, 2.05) is 6.07 Å². The Hall–Kier alpha value is -2.46. The van der Waals surface area contributed by atoms with Crippen LogP contribution in [0.5, 0.6) is 0 Å². The summed E-state index contributed by atoms with van der Waals surface area (Å²) in [5, 5.41) is 9.91. The molecule has 1 N–H and O–H groups in total.